The number of hydrogen-bond donors (Lipinski definition) is 1. The molecular formula is C18H20ClN3OS. The summed E-state index contributed by atoms with van der Waals surface area (Å²) in [6, 6.07) is 3.83. The molecule has 6 heteroatoms. The van der Waals surface area contributed by atoms with Gasteiger partial charge in [0.15, 0.2) is 0 Å². The molecule has 24 heavy (non-hydrogen) atoms. The van der Waals surface area contributed by atoms with Crippen molar-refractivity contribution in [1.29, 1.82) is 0 Å². The molecule has 0 radical (unpaired) electrons. The summed E-state index contributed by atoms with van der Waals surface area (Å²) in [6.07, 6.45) is 8.26. The molecule has 3 aromatic heterocycles. The number of thiophene rings is 1. The van der Waals surface area contributed by atoms with Gasteiger partial charge >= 0.3 is 0 Å². The van der Waals surface area contributed by atoms with Gasteiger partial charge in [-0.2, -0.15) is 4.98 Å². The molecule has 1 aliphatic carbocycles. The predicted octanol–water partition coefficient (Wildman–Crippen LogP) is 5.91. The van der Waals surface area contributed by atoms with Crippen LogP contribution in [0.4, 0.5) is 5.82 Å². The normalized spacial score (nSPS) is 15.9. The lowest BCUT2D eigenvalue weighted by Crippen LogP contribution is -2.03. The highest BCUT2D eigenvalue weighted by molar-refractivity contribution is 7.20. The van der Waals surface area contributed by atoms with E-state index in [0.29, 0.717) is 17.7 Å². The zero-order valence-corrected chi connectivity index (χ0v) is 15.2. The van der Waals surface area contributed by atoms with Crippen LogP contribution in [0.15, 0.2) is 22.8 Å². The van der Waals surface area contributed by atoms with Crippen LogP contribution in [-0.2, 0) is 6.54 Å². The molecule has 0 spiro atoms. The highest BCUT2D eigenvalue weighted by atomic mass is 35.5. The minimum Gasteiger partial charge on any atom is -0.467 e. The summed E-state index contributed by atoms with van der Waals surface area (Å²) < 4.78 is 6.49. The van der Waals surface area contributed by atoms with Crippen molar-refractivity contribution in [2.75, 3.05) is 5.32 Å². The van der Waals surface area contributed by atoms with Gasteiger partial charge in [-0.1, -0.05) is 19.3 Å². The van der Waals surface area contributed by atoms with Gasteiger partial charge in [0.2, 0.25) is 5.28 Å². The first kappa shape index (κ1) is 15.9. The van der Waals surface area contributed by atoms with Gasteiger partial charge in [-0.25, -0.2) is 4.98 Å². The molecule has 0 amide bonds. The Balaban J connectivity index is 1.70. The van der Waals surface area contributed by atoms with Crippen LogP contribution in [0.2, 0.25) is 5.28 Å². The first-order valence-corrected chi connectivity index (χ1v) is 9.64. The van der Waals surface area contributed by atoms with Crippen LogP contribution >= 0.6 is 22.9 Å². The third-order valence-corrected chi connectivity index (χ3v) is 6.38. The number of anilines is 1. The Hall–Kier alpha value is -1.59. The minimum atomic E-state index is 0.292. The number of nitrogens with one attached hydrogen (secondary N) is 1. The highest BCUT2D eigenvalue weighted by Gasteiger charge is 2.23. The Bertz CT molecular complexity index is 838. The molecular weight excluding hydrogens is 342 g/mol. The van der Waals surface area contributed by atoms with Gasteiger partial charge in [0, 0.05) is 4.88 Å². The van der Waals surface area contributed by atoms with E-state index in [0.717, 1.165) is 21.8 Å². The van der Waals surface area contributed by atoms with Crippen molar-refractivity contribution >= 4 is 39.0 Å². The van der Waals surface area contributed by atoms with Crippen molar-refractivity contribution in [2.24, 2.45) is 0 Å². The van der Waals surface area contributed by atoms with E-state index < -0.39 is 0 Å². The average Bonchev–Trinajstić information content (AvgIpc) is 3.22. The molecule has 0 saturated heterocycles. The third kappa shape index (κ3) is 3.03. The van der Waals surface area contributed by atoms with Crippen LogP contribution in [-0.4, -0.2) is 9.97 Å². The molecule has 0 aliphatic heterocycles. The molecule has 0 aromatic carbocycles. The topological polar surface area (TPSA) is 51.0 Å². The Morgan fingerprint density at radius 3 is 2.88 bits per heavy atom. The number of aryl methyl sites for hydroxylation is 1. The SMILES string of the molecule is Cc1c(C2CCCCC2)sc2c(NCc3ccco3)nc(Cl)nc12. The maximum atomic E-state index is 6.17. The fraction of sp³-hybridized carbons (Fsp3) is 0.444. The van der Waals surface area contributed by atoms with E-state index in [1.807, 2.05) is 23.5 Å². The lowest BCUT2D eigenvalue weighted by atomic mass is 9.87. The summed E-state index contributed by atoms with van der Waals surface area (Å²) in [5.41, 5.74) is 2.26. The second-order valence-electron chi connectivity index (χ2n) is 6.38. The van der Waals surface area contributed by atoms with E-state index in [2.05, 4.69) is 22.2 Å². The van der Waals surface area contributed by atoms with E-state index in [1.165, 1.54) is 42.5 Å². The third-order valence-electron chi connectivity index (χ3n) is 4.76. The largest absolute Gasteiger partial charge is 0.467 e. The van der Waals surface area contributed by atoms with E-state index >= 15 is 0 Å². The van der Waals surface area contributed by atoms with Crippen molar-refractivity contribution in [3.63, 3.8) is 0 Å². The number of fused-ring (bicyclic) bond motifs is 1. The van der Waals surface area contributed by atoms with Crippen LogP contribution in [0.3, 0.4) is 0 Å². The summed E-state index contributed by atoms with van der Waals surface area (Å²) >= 11 is 8.00. The number of hydrogen-bond acceptors (Lipinski definition) is 5. The summed E-state index contributed by atoms with van der Waals surface area (Å²) in [5, 5.41) is 3.65. The highest BCUT2D eigenvalue weighted by Crippen LogP contribution is 2.43. The molecule has 1 N–H and O–H groups in total. The van der Waals surface area contributed by atoms with Crippen molar-refractivity contribution in [3.8, 4) is 0 Å². The summed E-state index contributed by atoms with van der Waals surface area (Å²) in [4.78, 5) is 10.4. The standard InChI is InChI=1S/C18H20ClN3OS/c1-11-14-16(24-15(11)12-6-3-2-4-7-12)17(22-18(19)21-14)20-10-13-8-5-9-23-13/h5,8-9,12H,2-4,6-7,10H2,1H3,(H,20,21,22). The lowest BCUT2D eigenvalue weighted by molar-refractivity contribution is 0.447. The Labute approximate surface area is 150 Å². The average molecular weight is 362 g/mol. The molecule has 1 saturated carbocycles. The summed E-state index contributed by atoms with van der Waals surface area (Å²) in [5.74, 6) is 2.34. The molecule has 0 unspecified atom stereocenters. The van der Waals surface area contributed by atoms with Crippen molar-refractivity contribution in [3.05, 3.63) is 39.9 Å². The van der Waals surface area contributed by atoms with Gasteiger partial charge in [-0.3, -0.25) is 0 Å². The van der Waals surface area contributed by atoms with Crippen LogP contribution in [0, 0.1) is 6.92 Å². The fourth-order valence-electron chi connectivity index (χ4n) is 3.54. The van der Waals surface area contributed by atoms with Gasteiger partial charge in [-0.05, 0) is 55.0 Å². The monoisotopic (exact) mass is 361 g/mol. The summed E-state index contributed by atoms with van der Waals surface area (Å²) in [6.45, 7) is 2.76. The van der Waals surface area contributed by atoms with Crippen LogP contribution < -0.4 is 5.32 Å². The van der Waals surface area contributed by atoms with E-state index in [9.17, 15) is 0 Å². The summed E-state index contributed by atoms with van der Waals surface area (Å²) in [7, 11) is 0. The number of aromatic nitrogens is 2. The van der Waals surface area contributed by atoms with Crippen LogP contribution in [0.25, 0.3) is 10.2 Å². The second kappa shape index (κ2) is 6.73. The molecule has 3 aromatic rings. The number of rotatable bonds is 4. The zero-order valence-electron chi connectivity index (χ0n) is 13.6. The molecule has 1 fully saturated rings. The molecule has 0 atom stereocenters. The van der Waals surface area contributed by atoms with Crippen LogP contribution in [0.5, 0.6) is 0 Å². The van der Waals surface area contributed by atoms with Crippen molar-refractivity contribution in [1.82, 2.24) is 9.97 Å². The molecule has 0 bridgehead atoms. The molecule has 1 aliphatic rings. The Morgan fingerprint density at radius 2 is 2.12 bits per heavy atom. The fourth-order valence-corrected chi connectivity index (χ4v) is 5.09. The molecule has 4 rings (SSSR count). The smallest absolute Gasteiger partial charge is 0.224 e. The quantitative estimate of drug-likeness (QED) is 0.587. The molecule has 126 valence electrons. The molecule has 3 heterocycles. The number of nitrogens with zero attached hydrogens (tertiary/aromatic N) is 2. The predicted molar refractivity (Wildman–Crippen MR) is 99.0 cm³/mol. The van der Waals surface area contributed by atoms with Gasteiger partial charge in [0.05, 0.1) is 23.0 Å². The zero-order chi connectivity index (χ0) is 16.5. The first-order chi connectivity index (χ1) is 11.7. The molecule has 4 nitrogen and oxygen atoms in total. The lowest BCUT2D eigenvalue weighted by Gasteiger charge is -2.21. The van der Waals surface area contributed by atoms with E-state index in [1.54, 1.807) is 6.26 Å². The van der Waals surface area contributed by atoms with Gasteiger partial charge in [0.25, 0.3) is 0 Å². The maximum Gasteiger partial charge on any atom is 0.224 e. The van der Waals surface area contributed by atoms with Gasteiger partial charge in [-0.15, -0.1) is 11.3 Å². The Kier molecular flexibility index (Phi) is 4.46. The number of furan rings is 1. The number of halogens is 1. The first-order valence-electron chi connectivity index (χ1n) is 8.45. The van der Waals surface area contributed by atoms with Gasteiger partial charge in [0.1, 0.15) is 11.6 Å². The Morgan fingerprint density at radius 1 is 1.29 bits per heavy atom. The minimum absolute atomic E-state index is 0.292. The van der Waals surface area contributed by atoms with Crippen molar-refractivity contribution in [2.45, 2.75) is 51.5 Å². The maximum absolute atomic E-state index is 6.17. The van der Waals surface area contributed by atoms with E-state index in [4.69, 9.17) is 16.0 Å². The van der Waals surface area contributed by atoms with Crippen molar-refractivity contribution < 1.29 is 4.42 Å². The van der Waals surface area contributed by atoms with E-state index in [-0.39, 0.29) is 0 Å². The van der Waals surface area contributed by atoms with Gasteiger partial charge < -0.3 is 9.73 Å². The second-order valence-corrected chi connectivity index (χ2v) is 7.77. The van der Waals surface area contributed by atoms with Crippen LogP contribution in [0.1, 0.15) is 54.2 Å².